The third-order valence-electron chi connectivity index (χ3n) is 2.88. The van der Waals surface area contributed by atoms with Gasteiger partial charge in [0.1, 0.15) is 18.7 Å². The molecule has 0 N–H and O–H groups in total. The molecule has 1 aromatic rings. The van der Waals surface area contributed by atoms with E-state index in [-0.39, 0.29) is 25.3 Å². The van der Waals surface area contributed by atoms with Crippen molar-refractivity contribution < 1.29 is 14.3 Å². The van der Waals surface area contributed by atoms with Gasteiger partial charge in [0, 0.05) is 11.8 Å². The Morgan fingerprint density at radius 3 is 2.33 bits per heavy atom. The molecule has 1 rings (SSSR count). The fraction of sp³-hybridized carbons (Fsp3) is 0.222. The standard InChI is InChI=1S/C18H17N3O3/c1-2-24-18(23)16(17(22)15-7-4-3-5-8-15)9-6-12-21(13-10-19)14-11-20/h3-9,12H,2,13-14H2,1H3/b12-6+,16-9+. The highest BCUT2D eigenvalue weighted by molar-refractivity contribution is 6.24. The highest BCUT2D eigenvalue weighted by atomic mass is 16.5. The van der Waals surface area contributed by atoms with E-state index in [1.165, 1.54) is 23.3 Å². The van der Waals surface area contributed by atoms with Crippen LogP contribution in [0.2, 0.25) is 0 Å². The topological polar surface area (TPSA) is 94.2 Å². The summed E-state index contributed by atoms with van der Waals surface area (Å²) in [5.74, 6) is -1.17. The average molecular weight is 323 g/mol. The van der Waals surface area contributed by atoms with E-state index in [0.717, 1.165) is 0 Å². The Hall–Kier alpha value is -3.38. The Bertz CT molecular complexity index is 693. The second-order valence-electron chi connectivity index (χ2n) is 4.56. The van der Waals surface area contributed by atoms with Gasteiger partial charge >= 0.3 is 5.97 Å². The SMILES string of the molecule is CCOC(=O)/C(=C/C=C/N(CC#N)CC#N)C(=O)c1ccccc1. The largest absolute Gasteiger partial charge is 0.462 e. The number of nitrogens with zero attached hydrogens (tertiary/aromatic N) is 3. The van der Waals surface area contributed by atoms with E-state index in [9.17, 15) is 9.59 Å². The lowest BCUT2D eigenvalue weighted by Crippen LogP contribution is -2.18. The lowest BCUT2D eigenvalue weighted by atomic mass is 10.0. The number of ketones is 1. The van der Waals surface area contributed by atoms with Crippen LogP contribution in [0.3, 0.4) is 0 Å². The molecule has 0 heterocycles. The van der Waals surface area contributed by atoms with Crippen LogP contribution in [-0.2, 0) is 9.53 Å². The van der Waals surface area contributed by atoms with Crippen LogP contribution >= 0.6 is 0 Å². The normalized spacial score (nSPS) is 10.7. The summed E-state index contributed by atoms with van der Waals surface area (Å²) in [4.78, 5) is 25.9. The zero-order valence-electron chi connectivity index (χ0n) is 13.3. The second kappa shape index (κ2) is 10.4. The van der Waals surface area contributed by atoms with Gasteiger partial charge < -0.3 is 9.64 Å². The number of hydrogen-bond donors (Lipinski definition) is 0. The van der Waals surface area contributed by atoms with Crippen molar-refractivity contribution in [2.24, 2.45) is 0 Å². The number of allylic oxidation sites excluding steroid dienone is 2. The van der Waals surface area contributed by atoms with Crippen LogP contribution in [0, 0.1) is 22.7 Å². The number of ether oxygens (including phenoxy) is 1. The lowest BCUT2D eigenvalue weighted by Gasteiger charge is -2.10. The molecule has 0 aliphatic rings. The molecule has 0 fully saturated rings. The molecule has 0 saturated carbocycles. The smallest absolute Gasteiger partial charge is 0.342 e. The van der Waals surface area contributed by atoms with Gasteiger partial charge in [0.2, 0.25) is 0 Å². The molecular weight excluding hydrogens is 306 g/mol. The first-order valence-corrected chi connectivity index (χ1v) is 7.27. The van der Waals surface area contributed by atoms with Crippen molar-refractivity contribution in [2.45, 2.75) is 6.92 Å². The molecule has 0 aliphatic carbocycles. The number of Topliss-reactive ketones (excluding diaryl/α,β-unsaturated/α-hetero) is 1. The number of esters is 1. The Morgan fingerprint density at radius 2 is 1.79 bits per heavy atom. The summed E-state index contributed by atoms with van der Waals surface area (Å²) < 4.78 is 4.92. The summed E-state index contributed by atoms with van der Waals surface area (Å²) >= 11 is 0. The molecule has 1 aromatic carbocycles. The minimum absolute atomic E-state index is 0.0271. The molecule has 0 aliphatic heterocycles. The highest BCUT2D eigenvalue weighted by Crippen LogP contribution is 2.10. The van der Waals surface area contributed by atoms with Gasteiger partial charge in [-0.15, -0.1) is 0 Å². The summed E-state index contributed by atoms with van der Waals surface area (Å²) in [5.41, 5.74) is 0.254. The van der Waals surface area contributed by atoms with Crippen molar-refractivity contribution in [3.8, 4) is 12.1 Å². The molecule has 24 heavy (non-hydrogen) atoms. The van der Waals surface area contributed by atoms with Gasteiger partial charge in [-0.25, -0.2) is 4.79 Å². The fourth-order valence-electron chi connectivity index (χ4n) is 1.79. The van der Waals surface area contributed by atoms with E-state index >= 15 is 0 Å². The molecule has 0 amide bonds. The molecule has 0 unspecified atom stereocenters. The van der Waals surface area contributed by atoms with E-state index in [4.69, 9.17) is 15.3 Å². The zero-order chi connectivity index (χ0) is 17.8. The third-order valence-corrected chi connectivity index (χ3v) is 2.88. The van der Waals surface area contributed by atoms with E-state index in [2.05, 4.69) is 0 Å². The third kappa shape index (κ3) is 5.78. The molecule has 122 valence electrons. The van der Waals surface area contributed by atoms with Crippen molar-refractivity contribution >= 4 is 11.8 Å². The Balaban J connectivity index is 3.05. The molecule has 6 nitrogen and oxygen atoms in total. The maximum atomic E-state index is 12.5. The van der Waals surface area contributed by atoms with Crippen LogP contribution in [0.15, 0.2) is 54.3 Å². The van der Waals surface area contributed by atoms with Gasteiger partial charge in [0.15, 0.2) is 5.78 Å². The Morgan fingerprint density at radius 1 is 1.17 bits per heavy atom. The number of carbonyl (C=O) groups excluding carboxylic acids is 2. The van der Waals surface area contributed by atoms with Gasteiger partial charge in [0.05, 0.1) is 18.7 Å². The minimum Gasteiger partial charge on any atom is -0.462 e. The van der Waals surface area contributed by atoms with Gasteiger partial charge in [-0.05, 0) is 19.1 Å². The van der Waals surface area contributed by atoms with Crippen LogP contribution in [0.25, 0.3) is 0 Å². The second-order valence-corrected chi connectivity index (χ2v) is 4.56. The zero-order valence-corrected chi connectivity index (χ0v) is 13.3. The maximum absolute atomic E-state index is 12.5. The summed E-state index contributed by atoms with van der Waals surface area (Å²) in [6.45, 7) is 1.86. The number of carbonyl (C=O) groups is 2. The molecule has 6 heteroatoms. The van der Waals surface area contributed by atoms with E-state index in [1.54, 1.807) is 37.3 Å². The first kappa shape index (κ1) is 18.7. The van der Waals surface area contributed by atoms with Crippen LogP contribution < -0.4 is 0 Å². The highest BCUT2D eigenvalue weighted by Gasteiger charge is 2.20. The van der Waals surface area contributed by atoms with Crippen LogP contribution in [0.4, 0.5) is 0 Å². The average Bonchev–Trinajstić information content (AvgIpc) is 2.59. The molecule has 0 atom stereocenters. The monoisotopic (exact) mass is 323 g/mol. The molecule has 0 aromatic heterocycles. The van der Waals surface area contributed by atoms with Crippen molar-refractivity contribution in [3.63, 3.8) is 0 Å². The maximum Gasteiger partial charge on any atom is 0.342 e. The van der Waals surface area contributed by atoms with Crippen LogP contribution in [-0.4, -0.2) is 36.3 Å². The van der Waals surface area contributed by atoms with Crippen molar-refractivity contribution in [1.29, 1.82) is 10.5 Å². The molecule has 0 saturated heterocycles. The van der Waals surface area contributed by atoms with Crippen LogP contribution in [0.1, 0.15) is 17.3 Å². The number of nitriles is 2. The fourth-order valence-corrected chi connectivity index (χ4v) is 1.79. The van der Waals surface area contributed by atoms with Crippen LogP contribution in [0.5, 0.6) is 0 Å². The number of rotatable bonds is 8. The Kier molecular flexibility index (Phi) is 8.06. The Labute approximate surface area is 140 Å². The van der Waals surface area contributed by atoms with Gasteiger partial charge in [-0.1, -0.05) is 30.3 Å². The van der Waals surface area contributed by atoms with E-state index in [1.807, 2.05) is 12.1 Å². The number of benzene rings is 1. The summed E-state index contributed by atoms with van der Waals surface area (Å²) in [6.07, 6.45) is 4.25. The first-order chi connectivity index (χ1) is 11.6. The van der Waals surface area contributed by atoms with E-state index < -0.39 is 11.8 Å². The lowest BCUT2D eigenvalue weighted by molar-refractivity contribution is -0.138. The van der Waals surface area contributed by atoms with Crippen molar-refractivity contribution in [3.05, 3.63) is 59.8 Å². The van der Waals surface area contributed by atoms with Gasteiger partial charge in [-0.3, -0.25) is 4.79 Å². The summed E-state index contributed by atoms with van der Waals surface area (Å²) in [5, 5.41) is 17.4. The predicted molar refractivity (Wildman–Crippen MR) is 87.4 cm³/mol. The predicted octanol–water partition coefficient (Wildman–Crippen LogP) is 2.22. The molecule has 0 spiro atoms. The van der Waals surface area contributed by atoms with Gasteiger partial charge in [0.25, 0.3) is 0 Å². The molecule has 0 radical (unpaired) electrons. The summed E-state index contributed by atoms with van der Waals surface area (Å²) in [6, 6.07) is 12.2. The molecule has 0 bridgehead atoms. The van der Waals surface area contributed by atoms with Crippen molar-refractivity contribution in [2.75, 3.05) is 19.7 Å². The quantitative estimate of drug-likeness (QED) is 0.138. The van der Waals surface area contributed by atoms with E-state index in [0.29, 0.717) is 5.56 Å². The van der Waals surface area contributed by atoms with Gasteiger partial charge in [-0.2, -0.15) is 10.5 Å². The van der Waals surface area contributed by atoms with Crippen molar-refractivity contribution in [1.82, 2.24) is 4.90 Å². The number of hydrogen-bond acceptors (Lipinski definition) is 6. The summed E-state index contributed by atoms with van der Waals surface area (Å²) in [7, 11) is 0. The molecular formula is C18H17N3O3. The minimum atomic E-state index is -0.719. The first-order valence-electron chi connectivity index (χ1n) is 7.27.